The smallest absolute Gasteiger partial charge is 0.166 e. The summed E-state index contributed by atoms with van der Waals surface area (Å²) in [6.45, 7) is 11.0. The SMILES string of the molecule is C=CCCC1(C)OCC(COCC=C)O1. The topological polar surface area (TPSA) is 27.7 Å². The molecule has 0 bridgehead atoms. The van der Waals surface area contributed by atoms with Gasteiger partial charge in [-0.2, -0.15) is 0 Å². The summed E-state index contributed by atoms with van der Waals surface area (Å²) in [6, 6.07) is 0. The second-order valence-electron chi connectivity index (χ2n) is 3.84. The quantitative estimate of drug-likeness (QED) is 0.478. The third kappa shape index (κ3) is 4.16. The van der Waals surface area contributed by atoms with Crippen LogP contribution in [0.15, 0.2) is 25.3 Å². The van der Waals surface area contributed by atoms with Gasteiger partial charge in [0.1, 0.15) is 6.10 Å². The van der Waals surface area contributed by atoms with Crippen molar-refractivity contribution in [3.8, 4) is 0 Å². The minimum absolute atomic E-state index is 0.0414. The average molecular weight is 212 g/mol. The second kappa shape index (κ2) is 6.05. The summed E-state index contributed by atoms with van der Waals surface area (Å²) in [5.41, 5.74) is 0. The van der Waals surface area contributed by atoms with Gasteiger partial charge in [-0.05, 0) is 13.3 Å². The monoisotopic (exact) mass is 212 g/mol. The molecule has 1 rings (SSSR count). The van der Waals surface area contributed by atoms with Gasteiger partial charge in [0.2, 0.25) is 0 Å². The van der Waals surface area contributed by atoms with Crippen LogP contribution in [0.25, 0.3) is 0 Å². The van der Waals surface area contributed by atoms with E-state index in [-0.39, 0.29) is 6.10 Å². The number of ether oxygens (including phenoxy) is 3. The normalized spacial score (nSPS) is 30.3. The molecule has 2 atom stereocenters. The van der Waals surface area contributed by atoms with Gasteiger partial charge in [0.15, 0.2) is 5.79 Å². The van der Waals surface area contributed by atoms with E-state index < -0.39 is 5.79 Å². The van der Waals surface area contributed by atoms with Gasteiger partial charge in [-0.15, -0.1) is 13.2 Å². The number of hydrogen-bond donors (Lipinski definition) is 0. The molecule has 3 heteroatoms. The van der Waals surface area contributed by atoms with E-state index in [4.69, 9.17) is 14.2 Å². The maximum absolute atomic E-state index is 5.77. The molecule has 0 amide bonds. The minimum atomic E-state index is -0.462. The molecule has 2 unspecified atom stereocenters. The van der Waals surface area contributed by atoms with Crippen LogP contribution in [-0.4, -0.2) is 31.7 Å². The Morgan fingerprint density at radius 3 is 2.93 bits per heavy atom. The fourth-order valence-corrected chi connectivity index (χ4v) is 1.55. The number of allylic oxidation sites excluding steroid dienone is 1. The first-order chi connectivity index (χ1) is 7.20. The molecule has 0 aromatic heterocycles. The molecule has 0 spiro atoms. The summed E-state index contributed by atoms with van der Waals surface area (Å²) in [6.07, 6.45) is 5.39. The summed E-state index contributed by atoms with van der Waals surface area (Å²) in [5.74, 6) is -0.462. The second-order valence-corrected chi connectivity index (χ2v) is 3.84. The summed E-state index contributed by atoms with van der Waals surface area (Å²) in [5, 5.41) is 0. The lowest BCUT2D eigenvalue weighted by Gasteiger charge is -2.22. The van der Waals surface area contributed by atoms with E-state index in [1.165, 1.54) is 0 Å². The zero-order valence-electron chi connectivity index (χ0n) is 9.41. The first-order valence-corrected chi connectivity index (χ1v) is 5.31. The Morgan fingerprint density at radius 1 is 1.47 bits per heavy atom. The summed E-state index contributed by atoms with van der Waals surface area (Å²) < 4.78 is 16.7. The lowest BCUT2D eigenvalue weighted by molar-refractivity contribution is -0.162. The van der Waals surface area contributed by atoms with Crippen molar-refractivity contribution in [3.63, 3.8) is 0 Å². The summed E-state index contributed by atoms with van der Waals surface area (Å²) >= 11 is 0. The Kier molecular flexibility index (Phi) is 5.02. The van der Waals surface area contributed by atoms with Crippen molar-refractivity contribution in [2.24, 2.45) is 0 Å². The highest BCUT2D eigenvalue weighted by Gasteiger charge is 2.36. The van der Waals surface area contributed by atoms with E-state index in [1.54, 1.807) is 6.08 Å². The molecule has 1 fully saturated rings. The highest BCUT2D eigenvalue weighted by molar-refractivity contribution is 4.79. The molecule has 0 aromatic carbocycles. The molecule has 0 saturated carbocycles. The van der Waals surface area contributed by atoms with E-state index in [0.29, 0.717) is 19.8 Å². The van der Waals surface area contributed by atoms with Crippen LogP contribution in [0, 0.1) is 0 Å². The fourth-order valence-electron chi connectivity index (χ4n) is 1.55. The lowest BCUT2D eigenvalue weighted by atomic mass is 10.2. The molecular weight excluding hydrogens is 192 g/mol. The van der Waals surface area contributed by atoms with Gasteiger partial charge < -0.3 is 14.2 Å². The molecule has 0 radical (unpaired) electrons. The largest absolute Gasteiger partial charge is 0.375 e. The predicted molar refractivity (Wildman–Crippen MR) is 59.7 cm³/mol. The van der Waals surface area contributed by atoms with Crippen LogP contribution in [0.2, 0.25) is 0 Å². The van der Waals surface area contributed by atoms with Crippen molar-refractivity contribution >= 4 is 0 Å². The van der Waals surface area contributed by atoms with Crippen LogP contribution >= 0.6 is 0 Å². The first kappa shape index (κ1) is 12.4. The van der Waals surface area contributed by atoms with Crippen molar-refractivity contribution in [2.45, 2.75) is 31.7 Å². The first-order valence-electron chi connectivity index (χ1n) is 5.31. The molecule has 1 aliphatic rings. The summed E-state index contributed by atoms with van der Waals surface area (Å²) in [4.78, 5) is 0. The zero-order chi connectivity index (χ0) is 11.1. The Balaban J connectivity index is 2.24. The van der Waals surface area contributed by atoms with Crippen LogP contribution in [-0.2, 0) is 14.2 Å². The molecule has 86 valence electrons. The Labute approximate surface area is 91.7 Å². The van der Waals surface area contributed by atoms with E-state index in [0.717, 1.165) is 12.8 Å². The Bertz CT molecular complexity index is 215. The highest BCUT2D eigenvalue weighted by atomic mass is 16.7. The third-order valence-corrected chi connectivity index (χ3v) is 2.33. The highest BCUT2D eigenvalue weighted by Crippen LogP contribution is 2.28. The van der Waals surface area contributed by atoms with Gasteiger partial charge in [0.25, 0.3) is 0 Å². The Morgan fingerprint density at radius 2 is 2.27 bits per heavy atom. The van der Waals surface area contributed by atoms with Crippen LogP contribution in [0.3, 0.4) is 0 Å². The van der Waals surface area contributed by atoms with Crippen molar-refractivity contribution in [2.75, 3.05) is 19.8 Å². The molecular formula is C12H20O3. The maximum atomic E-state index is 5.77. The molecule has 3 nitrogen and oxygen atoms in total. The van der Waals surface area contributed by atoms with Gasteiger partial charge in [0.05, 0.1) is 19.8 Å². The van der Waals surface area contributed by atoms with Crippen LogP contribution in [0.5, 0.6) is 0 Å². The molecule has 1 aliphatic heterocycles. The van der Waals surface area contributed by atoms with Crippen molar-refractivity contribution in [3.05, 3.63) is 25.3 Å². The fraction of sp³-hybridized carbons (Fsp3) is 0.667. The van der Waals surface area contributed by atoms with Crippen LogP contribution in [0.1, 0.15) is 19.8 Å². The van der Waals surface area contributed by atoms with Crippen molar-refractivity contribution in [1.82, 2.24) is 0 Å². The number of hydrogen-bond acceptors (Lipinski definition) is 3. The standard InChI is InChI=1S/C12H20O3/c1-4-6-7-12(3)14-10-11(15-12)9-13-8-5-2/h4-5,11H,1-2,6-10H2,3H3. The number of rotatable bonds is 7. The van der Waals surface area contributed by atoms with Gasteiger partial charge >= 0.3 is 0 Å². The van der Waals surface area contributed by atoms with E-state index in [2.05, 4.69) is 13.2 Å². The molecule has 15 heavy (non-hydrogen) atoms. The average Bonchev–Trinajstić information content (AvgIpc) is 2.59. The lowest BCUT2D eigenvalue weighted by Crippen LogP contribution is -2.27. The van der Waals surface area contributed by atoms with E-state index >= 15 is 0 Å². The van der Waals surface area contributed by atoms with Gasteiger partial charge in [-0.1, -0.05) is 12.2 Å². The van der Waals surface area contributed by atoms with Gasteiger partial charge in [-0.25, -0.2) is 0 Å². The third-order valence-electron chi connectivity index (χ3n) is 2.33. The molecule has 0 N–H and O–H groups in total. The van der Waals surface area contributed by atoms with Crippen LogP contribution < -0.4 is 0 Å². The van der Waals surface area contributed by atoms with E-state index in [9.17, 15) is 0 Å². The van der Waals surface area contributed by atoms with Gasteiger partial charge in [-0.3, -0.25) is 0 Å². The molecule has 1 saturated heterocycles. The minimum Gasteiger partial charge on any atom is -0.375 e. The molecule has 1 heterocycles. The maximum Gasteiger partial charge on any atom is 0.166 e. The van der Waals surface area contributed by atoms with E-state index in [1.807, 2.05) is 13.0 Å². The zero-order valence-corrected chi connectivity index (χ0v) is 9.41. The predicted octanol–water partition coefficient (Wildman–Crippen LogP) is 2.29. The molecule has 0 aliphatic carbocycles. The molecule has 0 aromatic rings. The van der Waals surface area contributed by atoms with Gasteiger partial charge in [0, 0.05) is 6.42 Å². The Hall–Kier alpha value is -0.640. The van der Waals surface area contributed by atoms with Crippen LogP contribution in [0.4, 0.5) is 0 Å². The summed E-state index contributed by atoms with van der Waals surface area (Å²) in [7, 11) is 0. The van der Waals surface area contributed by atoms with Crippen molar-refractivity contribution in [1.29, 1.82) is 0 Å². The van der Waals surface area contributed by atoms with Crippen molar-refractivity contribution < 1.29 is 14.2 Å².